The Hall–Kier alpha value is -2.22. The van der Waals surface area contributed by atoms with Crippen molar-refractivity contribution in [2.45, 2.75) is 13.0 Å². The quantitative estimate of drug-likeness (QED) is 0.441. The van der Waals surface area contributed by atoms with Gasteiger partial charge in [-0.1, -0.05) is 81.3 Å². The predicted molar refractivity (Wildman–Crippen MR) is 113 cm³/mol. The fourth-order valence-electron chi connectivity index (χ4n) is 2.37. The minimum absolute atomic E-state index is 0.181. The fourth-order valence-corrected chi connectivity index (χ4v) is 3.74. The molecule has 0 bridgehead atoms. The number of aromatic nitrogens is 1. The maximum Gasteiger partial charge on any atom is 0.309 e. The molecule has 0 saturated carbocycles. The summed E-state index contributed by atoms with van der Waals surface area (Å²) in [6, 6.07) is 17.0. The van der Waals surface area contributed by atoms with Crippen LogP contribution in [0.25, 0.3) is 0 Å². The lowest BCUT2D eigenvalue weighted by atomic mass is 10.1. The molecule has 1 heterocycles. The number of carbonyl (C=O) groups excluding carboxylic acids is 1. The van der Waals surface area contributed by atoms with Crippen molar-refractivity contribution in [1.82, 2.24) is 9.99 Å². The van der Waals surface area contributed by atoms with Crippen molar-refractivity contribution in [1.29, 1.82) is 0 Å². The summed E-state index contributed by atoms with van der Waals surface area (Å²) in [7, 11) is 0. The van der Waals surface area contributed by atoms with Gasteiger partial charge in [0, 0.05) is 4.47 Å². The molecule has 3 aromatic rings. The summed E-state index contributed by atoms with van der Waals surface area (Å²) in [6.07, 6.45) is 1.63. The van der Waals surface area contributed by atoms with Crippen molar-refractivity contribution >= 4 is 51.0 Å². The van der Waals surface area contributed by atoms with Gasteiger partial charge < -0.3 is 0 Å². The van der Waals surface area contributed by atoms with E-state index >= 15 is 0 Å². The molecule has 0 aliphatic rings. The molecule has 0 atom stereocenters. The van der Waals surface area contributed by atoms with Crippen LogP contribution in [0, 0.1) is 0 Å². The van der Waals surface area contributed by atoms with Crippen LogP contribution in [0.4, 0.5) is 0 Å². The first-order valence-corrected chi connectivity index (χ1v) is 10.0. The van der Waals surface area contributed by atoms with E-state index in [1.807, 2.05) is 54.6 Å². The molecule has 0 fully saturated rings. The van der Waals surface area contributed by atoms with E-state index in [1.165, 1.54) is 10.8 Å². The van der Waals surface area contributed by atoms with Crippen LogP contribution in [0.5, 0.6) is 0 Å². The van der Waals surface area contributed by atoms with E-state index in [4.69, 9.17) is 11.6 Å². The van der Waals surface area contributed by atoms with E-state index in [-0.39, 0.29) is 17.2 Å². The largest absolute Gasteiger partial charge is 0.309 e. The third-order valence-electron chi connectivity index (χ3n) is 3.69. The molecular formula is C19H15BrClN3O2S. The number of rotatable bonds is 6. The van der Waals surface area contributed by atoms with Crippen molar-refractivity contribution < 1.29 is 4.79 Å². The van der Waals surface area contributed by atoms with Crippen molar-refractivity contribution in [3.63, 3.8) is 0 Å². The molecular weight excluding hydrogens is 450 g/mol. The lowest BCUT2D eigenvalue weighted by Gasteiger charge is -2.04. The van der Waals surface area contributed by atoms with E-state index in [9.17, 15) is 9.59 Å². The van der Waals surface area contributed by atoms with Gasteiger partial charge in [0.25, 0.3) is 0 Å². The van der Waals surface area contributed by atoms with Crippen LogP contribution in [-0.4, -0.2) is 16.7 Å². The molecule has 3 rings (SSSR count). The molecule has 27 heavy (non-hydrogen) atoms. The molecule has 138 valence electrons. The number of amides is 1. The third-order valence-corrected chi connectivity index (χ3v) is 5.65. The average Bonchev–Trinajstić information content (AvgIpc) is 2.92. The van der Waals surface area contributed by atoms with Crippen LogP contribution in [-0.2, 0) is 17.8 Å². The predicted octanol–water partition coefficient (Wildman–Crippen LogP) is 4.07. The molecule has 1 amide bonds. The molecule has 0 aliphatic carbocycles. The van der Waals surface area contributed by atoms with Crippen molar-refractivity contribution in [3.8, 4) is 0 Å². The Kier molecular flexibility index (Phi) is 6.60. The van der Waals surface area contributed by atoms with Gasteiger partial charge in [-0.3, -0.25) is 14.2 Å². The fraction of sp³-hybridized carbons (Fsp3) is 0.105. The number of hydrazone groups is 1. The second-order valence-corrected chi connectivity index (χ2v) is 7.96. The highest BCUT2D eigenvalue weighted by atomic mass is 79.9. The smallest absolute Gasteiger partial charge is 0.284 e. The standard InChI is InChI=1S/C19H15BrClN3O2S/c20-15-8-6-14(7-9-15)12-24-18(21)16(27-19(24)26)11-22-23-17(25)10-13-4-2-1-3-5-13/h1-9,11H,10,12H2,(H,23,25)/b22-11-. The minimum Gasteiger partial charge on any atom is -0.284 e. The van der Waals surface area contributed by atoms with Gasteiger partial charge in [-0.2, -0.15) is 5.10 Å². The zero-order valence-corrected chi connectivity index (χ0v) is 17.2. The SMILES string of the molecule is O=C(Cc1ccccc1)N/N=C\c1sc(=O)n(Cc2ccc(Br)cc2)c1Cl. The molecule has 0 aliphatic heterocycles. The zero-order chi connectivity index (χ0) is 19.2. The van der Waals surface area contributed by atoms with Gasteiger partial charge in [-0.25, -0.2) is 5.43 Å². The van der Waals surface area contributed by atoms with Gasteiger partial charge in [0.15, 0.2) is 0 Å². The highest BCUT2D eigenvalue weighted by Crippen LogP contribution is 2.19. The molecule has 0 saturated heterocycles. The lowest BCUT2D eigenvalue weighted by Crippen LogP contribution is -2.19. The van der Waals surface area contributed by atoms with Gasteiger partial charge in [0.2, 0.25) is 5.91 Å². The first-order valence-electron chi connectivity index (χ1n) is 8.02. The topological polar surface area (TPSA) is 63.5 Å². The maximum atomic E-state index is 12.2. The Morgan fingerprint density at radius 1 is 1.15 bits per heavy atom. The molecule has 0 unspecified atom stereocenters. The van der Waals surface area contributed by atoms with Gasteiger partial charge in [0.05, 0.1) is 24.1 Å². The van der Waals surface area contributed by atoms with Crippen LogP contribution in [0.15, 0.2) is 69.0 Å². The number of nitrogens with one attached hydrogen (secondary N) is 1. The van der Waals surface area contributed by atoms with E-state index < -0.39 is 0 Å². The van der Waals surface area contributed by atoms with E-state index in [1.54, 1.807) is 0 Å². The summed E-state index contributed by atoms with van der Waals surface area (Å²) >= 11 is 10.7. The summed E-state index contributed by atoms with van der Waals surface area (Å²) in [5, 5.41) is 4.21. The molecule has 8 heteroatoms. The van der Waals surface area contributed by atoms with Crippen LogP contribution in [0.2, 0.25) is 5.15 Å². The number of hydrogen-bond acceptors (Lipinski definition) is 4. The Morgan fingerprint density at radius 2 is 1.85 bits per heavy atom. The van der Waals surface area contributed by atoms with Gasteiger partial charge in [-0.05, 0) is 23.3 Å². The van der Waals surface area contributed by atoms with Crippen LogP contribution in [0.1, 0.15) is 16.0 Å². The van der Waals surface area contributed by atoms with E-state index in [0.717, 1.165) is 26.9 Å². The Balaban J connectivity index is 1.65. The summed E-state index contributed by atoms with van der Waals surface area (Å²) in [5.74, 6) is -0.241. The van der Waals surface area contributed by atoms with E-state index in [0.29, 0.717) is 16.6 Å². The second-order valence-electron chi connectivity index (χ2n) is 5.69. The summed E-state index contributed by atoms with van der Waals surface area (Å²) in [4.78, 5) is 24.4. The highest BCUT2D eigenvalue weighted by Gasteiger charge is 2.12. The van der Waals surface area contributed by atoms with Gasteiger partial charge in [-0.15, -0.1) is 0 Å². The monoisotopic (exact) mass is 463 g/mol. The molecule has 0 spiro atoms. The molecule has 2 aromatic carbocycles. The number of hydrogen-bond donors (Lipinski definition) is 1. The number of thiazole rings is 1. The molecule has 0 radical (unpaired) electrons. The van der Waals surface area contributed by atoms with E-state index in [2.05, 4.69) is 26.5 Å². The minimum atomic E-state index is -0.241. The van der Waals surface area contributed by atoms with Crippen LogP contribution >= 0.6 is 38.9 Å². The number of halogens is 2. The number of nitrogens with zero attached hydrogens (tertiary/aromatic N) is 2. The van der Waals surface area contributed by atoms with Crippen molar-refractivity contribution in [2.75, 3.05) is 0 Å². The maximum absolute atomic E-state index is 12.2. The zero-order valence-electron chi connectivity index (χ0n) is 14.1. The summed E-state index contributed by atoms with van der Waals surface area (Å²) in [5.41, 5.74) is 4.31. The number of benzene rings is 2. The normalized spacial score (nSPS) is 11.0. The van der Waals surface area contributed by atoms with Gasteiger partial charge >= 0.3 is 4.87 Å². The second kappa shape index (κ2) is 9.12. The Labute approximate surface area is 173 Å². The van der Waals surface area contributed by atoms with Crippen LogP contribution < -0.4 is 10.3 Å². The van der Waals surface area contributed by atoms with Gasteiger partial charge in [0.1, 0.15) is 5.15 Å². The third kappa shape index (κ3) is 5.38. The summed E-state index contributed by atoms with van der Waals surface area (Å²) < 4.78 is 2.44. The van der Waals surface area contributed by atoms with Crippen molar-refractivity contribution in [2.24, 2.45) is 5.10 Å². The Morgan fingerprint density at radius 3 is 2.56 bits per heavy atom. The van der Waals surface area contributed by atoms with Crippen LogP contribution in [0.3, 0.4) is 0 Å². The molecule has 1 aromatic heterocycles. The molecule has 5 nitrogen and oxygen atoms in total. The first-order chi connectivity index (χ1) is 13.0. The Bertz CT molecular complexity index is 1010. The molecule has 1 N–H and O–H groups in total. The first kappa shape index (κ1) is 19.5. The summed E-state index contributed by atoms with van der Waals surface area (Å²) in [6.45, 7) is 0.371. The average molecular weight is 465 g/mol. The number of carbonyl (C=O) groups is 1. The highest BCUT2D eigenvalue weighted by molar-refractivity contribution is 9.10. The lowest BCUT2D eigenvalue weighted by molar-refractivity contribution is -0.120. The van der Waals surface area contributed by atoms with Crippen molar-refractivity contribution in [3.05, 3.63) is 89.9 Å².